The smallest absolute Gasteiger partial charge is 0.191 e. The predicted octanol–water partition coefficient (Wildman–Crippen LogP) is 1.99. The molecule has 7 nitrogen and oxygen atoms in total. The van der Waals surface area contributed by atoms with Gasteiger partial charge in [-0.25, -0.2) is 4.99 Å². The van der Waals surface area contributed by atoms with E-state index in [0.29, 0.717) is 30.1 Å². The molecule has 0 unspecified atom stereocenters. The Morgan fingerprint density at radius 1 is 1.29 bits per heavy atom. The molecular weight excluding hydrogens is 356 g/mol. The molecule has 158 valence electrons. The number of guanidine groups is 1. The van der Waals surface area contributed by atoms with Gasteiger partial charge in [-0.1, -0.05) is 6.07 Å². The van der Waals surface area contributed by atoms with Crippen LogP contribution in [0.1, 0.15) is 39.2 Å². The van der Waals surface area contributed by atoms with Gasteiger partial charge in [-0.2, -0.15) is 0 Å². The molecule has 28 heavy (non-hydrogen) atoms. The highest BCUT2D eigenvalue weighted by molar-refractivity contribution is 5.80. The number of piperidine rings is 1. The van der Waals surface area contributed by atoms with E-state index >= 15 is 0 Å². The van der Waals surface area contributed by atoms with Crippen molar-refractivity contribution in [1.29, 1.82) is 0 Å². The van der Waals surface area contributed by atoms with Crippen LogP contribution in [0.15, 0.2) is 23.2 Å². The molecule has 1 aromatic rings. The molecule has 0 radical (unpaired) electrons. The molecule has 0 amide bonds. The normalized spacial score (nSPS) is 16.3. The lowest BCUT2D eigenvalue weighted by atomic mass is 10.0. The summed E-state index contributed by atoms with van der Waals surface area (Å²) in [6.45, 7) is 10.4. The average molecular weight is 393 g/mol. The fourth-order valence-corrected chi connectivity index (χ4v) is 3.33. The molecule has 0 saturated carbocycles. The van der Waals surface area contributed by atoms with Gasteiger partial charge in [0.15, 0.2) is 17.5 Å². The molecule has 0 atom stereocenters. The Labute approximate surface area is 169 Å². The minimum Gasteiger partial charge on any atom is -0.493 e. The second-order valence-corrected chi connectivity index (χ2v) is 7.30. The summed E-state index contributed by atoms with van der Waals surface area (Å²) in [7, 11) is 1.61. The topological polar surface area (TPSA) is 78.4 Å². The Morgan fingerprint density at radius 3 is 2.64 bits per heavy atom. The van der Waals surface area contributed by atoms with Crippen LogP contribution in [0, 0.1) is 0 Å². The van der Waals surface area contributed by atoms with Crippen molar-refractivity contribution in [3.8, 4) is 11.5 Å². The lowest BCUT2D eigenvalue weighted by Gasteiger charge is -2.35. The number of benzene rings is 1. The minimum atomic E-state index is -0.0248. The van der Waals surface area contributed by atoms with E-state index in [1.165, 1.54) is 0 Å². The van der Waals surface area contributed by atoms with E-state index in [4.69, 9.17) is 19.6 Å². The Kier molecular flexibility index (Phi) is 9.37. The molecule has 0 aliphatic carbocycles. The third-order valence-electron chi connectivity index (χ3n) is 4.94. The summed E-state index contributed by atoms with van der Waals surface area (Å²) in [5.41, 5.74) is 1.04. The van der Waals surface area contributed by atoms with Gasteiger partial charge in [0, 0.05) is 31.7 Å². The van der Waals surface area contributed by atoms with Crippen LogP contribution in [-0.4, -0.2) is 68.0 Å². The third-order valence-corrected chi connectivity index (χ3v) is 4.94. The third kappa shape index (κ3) is 6.87. The zero-order chi connectivity index (χ0) is 20.4. The summed E-state index contributed by atoms with van der Waals surface area (Å²) in [6.07, 6.45) is 2.26. The number of nitrogens with zero attached hydrogens (tertiary/aromatic N) is 2. The molecular formula is C21H36N4O3. The molecule has 0 spiro atoms. The molecule has 1 aromatic carbocycles. The van der Waals surface area contributed by atoms with Crippen LogP contribution in [0.4, 0.5) is 0 Å². The minimum absolute atomic E-state index is 0.0248. The quantitative estimate of drug-likeness (QED) is 0.441. The van der Waals surface area contributed by atoms with Gasteiger partial charge in [-0.3, -0.25) is 0 Å². The van der Waals surface area contributed by atoms with Crippen LogP contribution in [0.5, 0.6) is 11.5 Å². The highest BCUT2D eigenvalue weighted by Gasteiger charge is 2.21. The van der Waals surface area contributed by atoms with Crippen LogP contribution in [0.3, 0.4) is 0 Å². The van der Waals surface area contributed by atoms with Crippen molar-refractivity contribution in [3.63, 3.8) is 0 Å². The first-order valence-corrected chi connectivity index (χ1v) is 10.3. The lowest BCUT2D eigenvalue weighted by Crippen LogP contribution is -2.49. The fraction of sp³-hybridized carbons (Fsp3) is 0.667. The maximum Gasteiger partial charge on any atom is 0.191 e. The molecule has 1 aliphatic heterocycles. The molecule has 7 heteroatoms. The number of nitrogens with one attached hydrogen (secondary N) is 2. The molecule has 3 N–H and O–H groups in total. The second kappa shape index (κ2) is 11.8. The van der Waals surface area contributed by atoms with Crippen molar-refractivity contribution in [2.24, 2.45) is 4.99 Å². The average Bonchev–Trinajstić information content (AvgIpc) is 2.71. The van der Waals surface area contributed by atoms with Gasteiger partial charge in [-0.15, -0.1) is 0 Å². The molecule has 1 aliphatic rings. The first-order chi connectivity index (χ1) is 13.6. The van der Waals surface area contributed by atoms with E-state index in [0.717, 1.165) is 44.0 Å². The summed E-state index contributed by atoms with van der Waals surface area (Å²) >= 11 is 0. The van der Waals surface area contributed by atoms with Gasteiger partial charge >= 0.3 is 0 Å². The largest absolute Gasteiger partial charge is 0.493 e. The Balaban J connectivity index is 1.96. The van der Waals surface area contributed by atoms with E-state index in [-0.39, 0.29) is 13.2 Å². The summed E-state index contributed by atoms with van der Waals surface area (Å²) in [4.78, 5) is 7.27. The standard InChI is InChI=1S/C21H36N4O3/c1-5-22-21(24-18-8-10-25(11-9-18)16(2)3)23-15-17-6-7-19(28-13-12-26)20(14-17)27-4/h6-7,14,16,18,26H,5,8-13,15H2,1-4H3,(H2,22,23,24). The number of ether oxygens (including phenoxy) is 2. The van der Waals surface area contributed by atoms with E-state index < -0.39 is 0 Å². The summed E-state index contributed by atoms with van der Waals surface area (Å²) in [6, 6.07) is 6.84. The summed E-state index contributed by atoms with van der Waals surface area (Å²) in [5, 5.41) is 15.8. The van der Waals surface area contributed by atoms with E-state index in [1.807, 2.05) is 18.2 Å². The van der Waals surface area contributed by atoms with Gasteiger partial charge in [0.2, 0.25) is 0 Å². The van der Waals surface area contributed by atoms with Gasteiger partial charge in [-0.05, 0) is 51.3 Å². The molecule has 0 aromatic heterocycles. The van der Waals surface area contributed by atoms with Crippen molar-refractivity contribution in [2.45, 2.75) is 52.2 Å². The summed E-state index contributed by atoms with van der Waals surface area (Å²) in [5.74, 6) is 2.14. The van der Waals surface area contributed by atoms with E-state index in [2.05, 4.69) is 36.3 Å². The zero-order valence-electron chi connectivity index (χ0n) is 17.7. The molecule has 1 heterocycles. The fourth-order valence-electron chi connectivity index (χ4n) is 3.33. The number of aliphatic hydroxyl groups is 1. The van der Waals surface area contributed by atoms with Crippen molar-refractivity contribution in [2.75, 3.05) is 40.0 Å². The highest BCUT2D eigenvalue weighted by Crippen LogP contribution is 2.28. The number of likely N-dealkylation sites (tertiary alicyclic amines) is 1. The van der Waals surface area contributed by atoms with Gasteiger partial charge in [0.1, 0.15) is 6.61 Å². The van der Waals surface area contributed by atoms with Crippen molar-refractivity contribution >= 4 is 5.96 Å². The number of rotatable bonds is 9. The van der Waals surface area contributed by atoms with Crippen molar-refractivity contribution in [3.05, 3.63) is 23.8 Å². The molecule has 2 rings (SSSR count). The highest BCUT2D eigenvalue weighted by atomic mass is 16.5. The number of aliphatic hydroxyl groups excluding tert-OH is 1. The van der Waals surface area contributed by atoms with E-state index in [9.17, 15) is 0 Å². The Hall–Kier alpha value is -1.99. The number of aliphatic imine (C=N–C) groups is 1. The number of hydrogen-bond donors (Lipinski definition) is 3. The SMILES string of the molecule is CCNC(=NCc1ccc(OCCO)c(OC)c1)NC1CCN(C(C)C)CC1. The molecule has 1 saturated heterocycles. The van der Waals surface area contributed by atoms with Gasteiger partial charge < -0.3 is 30.1 Å². The first kappa shape index (κ1) is 22.3. The van der Waals surface area contributed by atoms with Crippen LogP contribution in [0.25, 0.3) is 0 Å². The predicted molar refractivity (Wildman–Crippen MR) is 113 cm³/mol. The van der Waals surface area contributed by atoms with Crippen LogP contribution < -0.4 is 20.1 Å². The monoisotopic (exact) mass is 392 g/mol. The number of methoxy groups -OCH3 is 1. The van der Waals surface area contributed by atoms with Crippen molar-refractivity contribution in [1.82, 2.24) is 15.5 Å². The maximum absolute atomic E-state index is 8.92. The Morgan fingerprint density at radius 2 is 2.04 bits per heavy atom. The van der Waals surface area contributed by atoms with Gasteiger partial charge in [0.25, 0.3) is 0 Å². The lowest BCUT2D eigenvalue weighted by molar-refractivity contribution is 0.167. The molecule has 0 bridgehead atoms. The first-order valence-electron chi connectivity index (χ1n) is 10.3. The summed E-state index contributed by atoms with van der Waals surface area (Å²) < 4.78 is 10.9. The Bertz CT molecular complexity index is 614. The zero-order valence-corrected chi connectivity index (χ0v) is 17.7. The second-order valence-electron chi connectivity index (χ2n) is 7.30. The molecule has 1 fully saturated rings. The maximum atomic E-state index is 8.92. The van der Waals surface area contributed by atoms with Crippen LogP contribution >= 0.6 is 0 Å². The number of hydrogen-bond acceptors (Lipinski definition) is 5. The van der Waals surface area contributed by atoms with Crippen LogP contribution in [0.2, 0.25) is 0 Å². The van der Waals surface area contributed by atoms with Crippen molar-refractivity contribution < 1.29 is 14.6 Å². The van der Waals surface area contributed by atoms with Crippen LogP contribution in [-0.2, 0) is 6.54 Å². The van der Waals surface area contributed by atoms with Gasteiger partial charge in [0.05, 0.1) is 20.3 Å². The van der Waals surface area contributed by atoms with E-state index in [1.54, 1.807) is 7.11 Å².